The number of nitrogens with one attached hydrogen (secondary N) is 2. The zero-order valence-electron chi connectivity index (χ0n) is 27.7. The van der Waals surface area contributed by atoms with Crippen molar-refractivity contribution >= 4 is 17.5 Å². The molecule has 3 heterocycles. The molecule has 0 saturated carbocycles. The minimum absolute atomic E-state index is 0.125. The van der Waals surface area contributed by atoms with Gasteiger partial charge in [0.2, 0.25) is 5.91 Å². The Hall–Kier alpha value is -3.91. The molecule has 2 aromatic carbocycles. The molecule has 2 saturated heterocycles. The highest BCUT2D eigenvalue weighted by Crippen LogP contribution is 2.34. The number of likely N-dealkylation sites (tertiary alicyclic amines) is 2. The highest BCUT2D eigenvalue weighted by Gasteiger charge is 2.28. The monoisotopic (exact) mass is 611 g/mol. The number of hydrogen-bond donors (Lipinski definition) is 2. The molecule has 45 heavy (non-hydrogen) atoms. The van der Waals surface area contributed by atoms with Gasteiger partial charge < -0.3 is 20.1 Å². The normalized spacial score (nSPS) is 16.1. The van der Waals surface area contributed by atoms with Gasteiger partial charge in [-0.25, -0.2) is 0 Å². The number of anilines is 1. The Labute approximate surface area is 267 Å². The molecule has 8 nitrogen and oxygen atoms in total. The highest BCUT2D eigenvalue weighted by molar-refractivity contribution is 5.99. The number of pyridine rings is 1. The average molecular weight is 612 g/mol. The van der Waals surface area contributed by atoms with Gasteiger partial charge >= 0.3 is 0 Å². The lowest BCUT2D eigenvalue weighted by atomic mass is 9.94. The second-order valence-electron chi connectivity index (χ2n) is 12.9. The number of aromatic nitrogens is 1. The summed E-state index contributed by atoms with van der Waals surface area (Å²) in [5.74, 6) is -0.0702. The van der Waals surface area contributed by atoms with Crippen LogP contribution in [0.3, 0.4) is 0 Å². The van der Waals surface area contributed by atoms with Gasteiger partial charge in [-0.3, -0.25) is 19.3 Å². The first kappa shape index (κ1) is 32.5. The van der Waals surface area contributed by atoms with E-state index in [4.69, 9.17) is 0 Å². The van der Waals surface area contributed by atoms with Crippen molar-refractivity contribution in [1.29, 1.82) is 0 Å². The van der Waals surface area contributed by atoms with Crippen LogP contribution in [-0.4, -0.2) is 65.4 Å². The molecule has 240 valence electrons. The Kier molecular flexibility index (Phi) is 10.4. The molecular formula is C37H49N5O3. The van der Waals surface area contributed by atoms with E-state index in [2.05, 4.69) is 57.4 Å². The predicted octanol–water partition coefficient (Wildman–Crippen LogP) is 5.72. The smallest absolute Gasteiger partial charge is 0.253 e. The van der Waals surface area contributed by atoms with Crippen LogP contribution in [-0.2, 0) is 17.9 Å². The van der Waals surface area contributed by atoms with Crippen molar-refractivity contribution in [1.82, 2.24) is 20.1 Å². The van der Waals surface area contributed by atoms with Crippen molar-refractivity contribution in [3.05, 3.63) is 86.3 Å². The third kappa shape index (κ3) is 7.67. The molecule has 2 fully saturated rings. The fraction of sp³-hybridized carbons (Fsp3) is 0.486. The van der Waals surface area contributed by atoms with Gasteiger partial charge in [0.25, 0.3) is 11.5 Å². The summed E-state index contributed by atoms with van der Waals surface area (Å²) in [5, 5.41) is 3.05. The van der Waals surface area contributed by atoms with E-state index in [1.807, 2.05) is 37.8 Å². The highest BCUT2D eigenvalue weighted by atomic mass is 16.2. The number of nitrogens with zero attached hydrogens (tertiary/aromatic N) is 3. The fourth-order valence-electron chi connectivity index (χ4n) is 7.06. The van der Waals surface area contributed by atoms with Crippen LogP contribution >= 0.6 is 0 Å². The Balaban J connectivity index is 1.46. The van der Waals surface area contributed by atoms with Gasteiger partial charge in [-0.2, -0.15) is 0 Å². The molecule has 0 atom stereocenters. The number of H-pyrrole nitrogens is 1. The summed E-state index contributed by atoms with van der Waals surface area (Å²) < 4.78 is 0. The Morgan fingerprint density at radius 1 is 0.933 bits per heavy atom. The van der Waals surface area contributed by atoms with Crippen LogP contribution in [0.15, 0.2) is 47.3 Å². The van der Waals surface area contributed by atoms with Crippen LogP contribution in [0, 0.1) is 20.8 Å². The van der Waals surface area contributed by atoms with E-state index >= 15 is 0 Å². The van der Waals surface area contributed by atoms with E-state index in [1.54, 1.807) is 6.92 Å². The van der Waals surface area contributed by atoms with Crippen molar-refractivity contribution in [2.75, 3.05) is 37.6 Å². The Morgan fingerprint density at radius 3 is 2.24 bits per heavy atom. The Morgan fingerprint density at radius 2 is 1.62 bits per heavy atom. The predicted molar refractivity (Wildman–Crippen MR) is 182 cm³/mol. The number of carbonyl (C=O) groups excluding carboxylic acids is 2. The van der Waals surface area contributed by atoms with Crippen LogP contribution in [0.4, 0.5) is 5.69 Å². The van der Waals surface area contributed by atoms with Gasteiger partial charge in [-0.15, -0.1) is 0 Å². The lowest BCUT2D eigenvalue weighted by molar-refractivity contribution is -0.129. The van der Waals surface area contributed by atoms with E-state index in [1.165, 1.54) is 24.8 Å². The molecule has 3 aromatic rings. The molecule has 8 heteroatoms. The number of carbonyl (C=O) groups is 2. The second kappa shape index (κ2) is 14.5. The third-order valence-electron chi connectivity index (χ3n) is 9.69. The van der Waals surface area contributed by atoms with Crippen molar-refractivity contribution in [3.8, 4) is 11.1 Å². The first-order valence-electron chi connectivity index (χ1n) is 16.6. The maximum Gasteiger partial charge on any atom is 0.253 e. The van der Waals surface area contributed by atoms with Crippen LogP contribution in [0.25, 0.3) is 11.1 Å². The molecule has 5 rings (SSSR count). The maximum absolute atomic E-state index is 13.9. The van der Waals surface area contributed by atoms with E-state index in [0.717, 1.165) is 85.7 Å². The summed E-state index contributed by atoms with van der Waals surface area (Å²) >= 11 is 0. The van der Waals surface area contributed by atoms with E-state index in [0.29, 0.717) is 11.1 Å². The number of rotatable bonds is 9. The lowest BCUT2D eigenvalue weighted by Gasteiger charge is -2.40. The average Bonchev–Trinajstić information content (AvgIpc) is 3.02. The second-order valence-corrected chi connectivity index (χ2v) is 12.9. The van der Waals surface area contributed by atoms with Crippen molar-refractivity contribution < 1.29 is 9.59 Å². The minimum Gasteiger partial charge on any atom is -0.368 e. The van der Waals surface area contributed by atoms with Crippen molar-refractivity contribution in [2.24, 2.45) is 0 Å². The standard InChI is InChI=1S/C37H49N5O3/c1-6-42(32-14-18-41(19-15-32)28(5)43)35-22-31(30-12-10-29(11-13-30)24-40-16-8-7-9-17-40)21-33(27(35)4)36(44)38-23-34-25(2)20-26(3)39-37(34)45/h10-13,20-22,32H,6-9,14-19,23-24H2,1-5H3,(H,38,44)(H,39,45). The Bertz CT molecular complexity index is 1560. The van der Waals surface area contributed by atoms with Gasteiger partial charge in [0.15, 0.2) is 0 Å². The quantitative estimate of drug-likeness (QED) is 0.323. The van der Waals surface area contributed by atoms with Crippen LogP contribution in [0.5, 0.6) is 0 Å². The first-order valence-corrected chi connectivity index (χ1v) is 16.6. The van der Waals surface area contributed by atoms with Gasteiger partial charge in [-0.1, -0.05) is 30.7 Å². The number of aromatic amines is 1. The molecule has 1 aromatic heterocycles. The topological polar surface area (TPSA) is 88.8 Å². The molecule has 0 radical (unpaired) electrons. The molecule has 0 bridgehead atoms. The van der Waals surface area contributed by atoms with Gasteiger partial charge in [0.05, 0.1) is 0 Å². The van der Waals surface area contributed by atoms with Gasteiger partial charge in [0.1, 0.15) is 0 Å². The lowest BCUT2D eigenvalue weighted by Crippen LogP contribution is -2.46. The number of benzene rings is 2. The summed E-state index contributed by atoms with van der Waals surface area (Å²) in [6, 6.07) is 15.2. The summed E-state index contributed by atoms with van der Waals surface area (Å²) in [6.45, 7) is 15.3. The number of aryl methyl sites for hydroxylation is 2. The van der Waals surface area contributed by atoms with E-state index < -0.39 is 0 Å². The summed E-state index contributed by atoms with van der Waals surface area (Å²) in [6.07, 6.45) is 5.65. The number of piperidine rings is 2. The molecule has 2 N–H and O–H groups in total. The third-order valence-corrected chi connectivity index (χ3v) is 9.69. The fourth-order valence-corrected chi connectivity index (χ4v) is 7.06. The maximum atomic E-state index is 13.9. The first-order chi connectivity index (χ1) is 21.6. The van der Waals surface area contributed by atoms with Crippen LogP contribution in [0.2, 0.25) is 0 Å². The van der Waals surface area contributed by atoms with Crippen LogP contribution in [0.1, 0.15) is 84.3 Å². The molecular weight excluding hydrogens is 562 g/mol. The van der Waals surface area contributed by atoms with Gasteiger partial charge in [-0.05, 0) is 112 Å². The van der Waals surface area contributed by atoms with E-state index in [-0.39, 0.29) is 30.0 Å². The van der Waals surface area contributed by atoms with Gasteiger partial charge in [0, 0.05) is 68.2 Å². The molecule has 2 aliphatic rings. The number of hydrogen-bond acceptors (Lipinski definition) is 5. The number of amides is 2. The SMILES string of the molecule is CCN(c1cc(-c2ccc(CN3CCCCC3)cc2)cc(C(=O)NCc2c(C)cc(C)[nH]c2=O)c1C)C1CCN(C(C)=O)CC1. The zero-order chi connectivity index (χ0) is 32.1. The van der Waals surface area contributed by atoms with Crippen LogP contribution < -0.4 is 15.8 Å². The largest absolute Gasteiger partial charge is 0.368 e. The molecule has 0 aliphatic carbocycles. The molecule has 2 aliphatic heterocycles. The molecule has 2 amide bonds. The molecule has 0 spiro atoms. The van der Waals surface area contributed by atoms with Crippen molar-refractivity contribution in [2.45, 2.75) is 85.9 Å². The molecule has 0 unspecified atom stereocenters. The van der Waals surface area contributed by atoms with Crippen molar-refractivity contribution in [3.63, 3.8) is 0 Å². The summed E-state index contributed by atoms with van der Waals surface area (Å²) in [4.78, 5) is 48.2. The van der Waals surface area contributed by atoms with E-state index in [9.17, 15) is 14.4 Å². The zero-order valence-corrected chi connectivity index (χ0v) is 27.7. The minimum atomic E-state index is -0.195. The summed E-state index contributed by atoms with van der Waals surface area (Å²) in [7, 11) is 0. The summed E-state index contributed by atoms with van der Waals surface area (Å²) in [5.41, 5.74) is 8.01.